The molecule has 78 valence electrons. The molecule has 3 N–H and O–H groups in total. The van der Waals surface area contributed by atoms with Crippen LogP contribution in [0.5, 0.6) is 0 Å². The highest BCUT2D eigenvalue weighted by Gasteiger charge is 2.18. The Morgan fingerprint density at radius 3 is 2.57 bits per heavy atom. The van der Waals surface area contributed by atoms with Crippen molar-refractivity contribution in [1.29, 1.82) is 0 Å². The molecule has 0 fully saturated rings. The Hall–Kier alpha value is -1.29. The summed E-state index contributed by atoms with van der Waals surface area (Å²) < 4.78 is 5.17. The number of nitrogens with two attached hydrogens (primary N) is 1. The van der Waals surface area contributed by atoms with Gasteiger partial charge in [0.2, 0.25) is 0 Å². The van der Waals surface area contributed by atoms with Crippen molar-refractivity contribution in [2.24, 2.45) is 5.73 Å². The van der Waals surface area contributed by atoms with Gasteiger partial charge in [-0.1, -0.05) is 0 Å². The fraction of sp³-hybridized carbons (Fsp3) is 0.500. The van der Waals surface area contributed by atoms with E-state index in [1.165, 1.54) is 0 Å². The first-order chi connectivity index (χ1) is 6.42. The van der Waals surface area contributed by atoms with Gasteiger partial charge in [-0.05, 0) is 32.9 Å². The molecule has 0 amide bonds. The molecule has 0 atom stereocenters. The standard InChI is InChI=1S/C10H16N2O2/c1-10(2,3)14-9(13)8-5-4-7(6-11)12-8/h4-5,12H,6,11H2,1-3H3. The van der Waals surface area contributed by atoms with Crippen LogP contribution in [-0.4, -0.2) is 16.6 Å². The largest absolute Gasteiger partial charge is 0.455 e. The zero-order chi connectivity index (χ0) is 10.8. The summed E-state index contributed by atoms with van der Waals surface area (Å²) in [5.41, 5.74) is 6.21. The summed E-state index contributed by atoms with van der Waals surface area (Å²) in [5, 5.41) is 0. The van der Waals surface area contributed by atoms with Crippen LogP contribution in [0.1, 0.15) is 37.0 Å². The summed E-state index contributed by atoms with van der Waals surface area (Å²) in [7, 11) is 0. The molecule has 0 saturated carbocycles. The van der Waals surface area contributed by atoms with Crippen LogP contribution in [0, 0.1) is 0 Å². The van der Waals surface area contributed by atoms with Gasteiger partial charge in [0.1, 0.15) is 11.3 Å². The van der Waals surface area contributed by atoms with Crippen molar-refractivity contribution in [2.75, 3.05) is 0 Å². The number of carbonyl (C=O) groups excluding carboxylic acids is 1. The zero-order valence-corrected chi connectivity index (χ0v) is 8.76. The van der Waals surface area contributed by atoms with Gasteiger partial charge in [-0.2, -0.15) is 0 Å². The Labute approximate surface area is 83.4 Å². The van der Waals surface area contributed by atoms with Crippen molar-refractivity contribution in [2.45, 2.75) is 32.9 Å². The van der Waals surface area contributed by atoms with Gasteiger partial charge in [0.15, 0.2) is 0 Å². The van der Waals surface area contributed by atoms with E-state index in [0.717, 1.165) is 5.69 Å². The summed E-state index contributed by atoms with van der Waals surface area (Å²) >= 11 is 0. The zero-order valence-electron chi connectivity index (χ0n) is 8.76. The minimum Gasteiger partial charge on any atom is -0.455 e. The Kier molecular flexibility index (Phi) is 2.96. The quantitative estimate of drug-likeness (QED) is 0.703. The second kappa shape index (κ2) is 3.84. The predicted molar refractivity (Wildman–Crippen MR) is 53.9 cm³/mol. The number of nitrogens with one attached hydrogen (secondary N) is 1. The maximum absolute atomic E-state index is 11.5. The normalized spacial score (nSPS) is 11.4. The van der Waals surface area contributed by atoms with E-state index in [-0.39, 0.29) is 5.97 Å². The monoisotopic (exact) mass is 196 g/mol. The highest BCUT2D eigenvalue weighted by molar-refractivity contribution is 5.87. The van der Waals surface area contributed by atoms with Crippen molar-refractivity contribution in [3.63, 3.8) is 0 Å². The number of ether oxygens (including phenoxy) is 1. The second-order valence-electron chi connectivity index (χ2n) is 4.10. The third-order valence-corrected chi connectivity index (χ3v) is 1.59. The first kappa shape index (κ1) is 10.8. The van der Waals surface area contributed by atoms with Gasteiger partial charge in [-0.15, -0.1) is 0 Å². The van der Waals surface area contributed by atoms with Crippen molar-refractivity contribution in [3.8, 4) is 0 Å². The SMILES string of the molecule is CC(C)(C)OC(=O)c1ccc(CN)[nH]1. The molecule has 0 aliphatic carbocycles. The van der Waals surface area contributed by atoms with Crippen LogP contribution in [-0.2, 0) is 11.3 Å². The molecule has 1 rings (SSSR count). The molecule has 0 unspecified atom stereocenters. The smallest absolute Gasteiger partial charge is 0.355 e. The molecule has 0 aliphatic heterocycles. The third-order valence-electron chi connectivity index (χ3n) is 1.59. The van der Waals surface area contributed by atoms with E-state index >= 15 is 0 Å². The highest BCUT2D eigenvalue weighted by Crippen LogP contribution is 2.11. The minimum absolute atomic E-state index is 0.350. The van der Waals surface area contributed by atoms with Crippen LogP contribution in [0.25, 0.3) is 0 Å². The lowest BCUT2D eigenvalue weighted by Crippen LogP contribution is -2.24. The van der Waals surface area contributed by atoms with Crippen LogP contribution in [0.3, 0.4) is 0 Å². The van der Waals surface area contributed by atoms with E-state index in [9.17, 15) is 4.79 Å². The maximum atomic E-state index is 11.5. The lowest BCUT2D eigenvalue weighted by molar-refractivity contribution is 0.00634. The number of aromatic nitrogens is 1. The van der Waals surface area contributed by atoms with Crippen LogP contribution >= 0.6 is 0 Å². The number of aromatic amines is 1. The Morgan fingerprint density at radius 2 is 2.14 bits per heavy atom. The molecular weight excluding hydrogens is 180 g/mol. The number of rotatable bonds is 2. The van der Waals surface area contributed by atoms with E-state index in [4.69, 9.17) is 10.5 Å². The van der Waals surface area contributed by atoms with E-state index in [2.05, 4.69) is 4.98 Å². The second-order valence-corrected chi connectivity index (χ2v) is 4.10. The summed E-state index contributed by atoms with van der Waals surface area (Å²) in [6.07, 6.45) is 0. The first-order valence-corrected chi connectivity index (χ1v) is 4.53. The number of hydrogen-bond acceptors (Lipinski definition) is 3. The van der Waals surface area contributed by atoms with Crippen molar-refractivity contribution < 1.29 is 9.53 Å². The molecule has 14 heavy (non-hydrogen) atoms. The lowest BCUT2D eigenvalue weighted by Gasteiger charge is -2.18. The third kappa shape index (κ3) is 2.88. The van der Waals surface area contributed by atoms with Gasteiger partial charge in [-0.25, -0.2) is 4.79 Å². The van der Waals surface area contributed by atoms with Gasteiger partial charge in [-0.3, -0.25) is 0 Å². The van der Waals surface area contributed by atoms with Crippen molar-refractivity contribution in [3.05, 3.63) is 23.5 Å². The molecule has 0 saturated heterocycles. The molecular formula is C10H16N2O2. The minimum atomic E-state index is -0.467. The van der Waals surface area contributed by atoms with Crippen LogP contribution in [0.15, 0.2) is 12.1 Å². The van der Waals surface area contributed by atoms with Crippen LogP contribution in [0.2, 0.25) is 0 Å². The molecule has 0 aliphatic rings. The molecule has 0 spiro atoms. The van der Waals surface area contributed by atoms with Crippen LogP contribution < -0.4 is 5.73 Å². The molecule has 1 aromatic heterocycles. The Balaban J connectivity index is 2.70. The number of carbonyl (C=O) groups is 1. The van der Waals surface area contributed by atoms with Gasteiger partial charge >= 0.3 is 5.97 Å². The Bertz CT molecular complexity index is 323. The van der Waals surface area contributed by atoms with E-state index in [1.54, 1.807) is 12.1 Å². The van der Waals surface area contributed by atoms with Crippen molar-refractivity contribution >= 4 is 5.97 Å². The number of H-pyrrole nitrogens is 1. The van der Waals surface area contributed by atoms with Gasteiger partial charge < -0.3 is 15.5 Å². The summed E-state index contributed by atoms with van der Waals surface area (Å²) in [5.74, 6) is -0.350. The van der Waals surface area contributed by atoms with Crippen LogP contribution in [0.4, 0.5) is 0 Å². The first-order valence-electron chi connectivity index (χ1n) is 4.53. The molecule has 4 heteroatoms. The lowest BCUT2D eigenvalue weighted by atomic mass is 10.2. The molecule has 0 radical (unpaired) electrons. The van der Waals surface area contributed by atoms with E-state index in [0.29, 0.717) is 12.2 Å². The summed E-state index contributed by atoms with van der Waals surface area (Å²) in [4.78, 5) is 14.4. The maximum Gasteiger partial charge on any atom is 0.355 e. The average molecular weight is 196 g/mol. The van der Waals surface area contributed by atoms with E-state index < -0.39 is 5.60 Å². The average Bonchev–Trinajstić information content (AvgIpc) is 2.48. The number of hydrogen-bond donors (Lipinski definition) is 2. The summed E-state index contributed by atoms with van der Waals surface area (Å²) in [6, 6.07) is 3.45. The van der Waals surface area contributed by atoms with Gasteiger partial charge in [0.05, 0.1) is 0 Å². The highest BCUT2D eigenvalue weighted by atomic mass is 16.6. The molecule has 0 bridgehead atoms. The van der Waals surface area contributed by atoms with Crippen molar-refractivity contribution in [1.82, 2.24) is 4.98 Å². The molecule has 4 nitrogen and oxygen atoms in total. The van der Waals surface area contributed by atoms with Gasteiger partial charge in [0, 0.05) is 12.2 Å². The number of esters is 1. The predicted octanol–water partition coefficient (Wildman–Crippen LogP) is 1.43. The topological polar surface area (TPSA) is 68.1 Å². The molecule has 1 aromatic rings. The van der Waals surface area contributed by atoms with E-state index in [1.807, 2.05) is 20.8 Å². The fourth-order valence-corrected chi connectivity index (χ4v) is 1.01. The summed E-state index contributed by atoms with van der Waals surface area (Å²) in [6.45, 7) is 5.88. The fourth-order valence-electron chi connectivity index (χ4n) is 1.01. The Morgan fingerprint density at radius 1 is 1.50 bits per heavy atom. The van der Waals surface area contributed by atoms with Gasteiger partial charge in [0.25, 0.3) is 0 Å². The molecule has 1 heterocycles. The molecule has 0 aromatic carbocycles.